The van der Waals surface area contributed by atoms with Crippen LogP contribution < -0.4 is 4.90 Å². The summed E-state index contributed by atoms with van der Waals surface area (Å²) < 4.78 is 2.54. The Morgan fingerprint density at radius 2 is 0.784 bits per heavy atom. The SMILES string of the molecule is c1ccc(-c2cccc(N(c3cccc4c3-c3ccccc3C43c4ccccc4-n4c5ccccc5c5cccc3c54)c3cc4c(c5ccccc35)-c3ccccc3C43c4ccccc4-c4ccccc43)c2)cc1. The zero-order valence-corrected chi connectivity index (χ0v) is 40.3. The van der Waals surface area contributed by atoms with Crippen LogP contribution in [0.25, 0.3) is 82.8 Å². The summed E-state index contributed by atoms with van der Waals surface area (Å²) in [5, 5.41) is 5.01. The number of rotatable bonds is 4. The summed E-state index contributed by atoms with van der Waals surface area (Å²) in [6.45, 7) is 0. The van der Waals surface area contributed by atoms with Crippen LogP contribution in [0.4, 0.5) is 17.1 Å². The van der Waals surface area contributed by atoms with E-state index in [1.807, 2.05) is 0 Å². The molecule has 0 radical (unpaired) electrons. The van der Waals surface area contributed by atoms with Crippen molar-refractivity contribution < 1.29 is 0 Å². The van der Waals surface area contributed by atoms with E-state index in [-0.39, 0.29) is 0 Å². The monoisotopic (exact) mass is 936 g/mol. The van der Waals surface area contributed by atoms with Crippen molar-refractivity contribution in [2.24, 2.45) is 0 Å². The lowest BCUT2D eigenvalue weighted by molar-refractivity contribution is 0.748. The zero-order valence-electron chi connectivity index (χ0n) is 40.3. The van der Waals surface area contributed by atoms with E-state index in [4.69, 9.17) is 0 Å². The molecule has 2 heterocycles. The quantitative estimate of drug-likeness (QED) is 0.171. The number of aromatic nitrogens is 1. The van der Waals surface area contributed by atoms with Crippen molar-refractivity contribution in [2.45, 2.75) is 10.8 Å². The van der Waals surface area contributed by atoms with Gasteiger partial charge in [-0.25, -0.2) is 0 Å². The molecule has 0 amide bonds. The Balaban J connectivity index is 1.02. The van der Waals surface area contributed by atoms with E-state index in [1.165, 1.54) is 127 Å². The average Bonchev–Trinajstić information content (AvgIpc) is 4.34. The van der Waals surface area contributed by atoms with Crippen LogP contribution in [-0.2, 0) is 10.8 Å². The lowest BCUT2D eigenvalue weighted by Gasteiger charge is -2.39. The Hall–Kier alpha value is -9.50. The van der Waals surface area contributed by atoms with E-state index in [9.17, 15) is 0 Å². The lowest BCUT2D eigenvalue weighted by Crippen LogP contribution is -2.33. The molecule has 2 heteroatoms. The second-order valence-electron chi connectivity index (χ2n) is 20.6. The topological polar surface area (TPSA) is 8.17 Å². The molecule has 12 aromatic carbocycles. The molecule has 0 saturated carbocycles. The maximum Gasteiger partial charge on any atom is 0.0755 e. The molecule has 342 valence electrons. The Morgan fingerprint density at radius 3 is 1.53 bits per heavy atom. The molecular weight excluding hydrogens is 893 g/mol. The third-order valence-corrected chi connectivity index (χ3v) is 17.4. The standard InChI is InChI=1S/C72H44N2/c1-2-21-45(22-3-1)46-23-18-24-47(43-46)73(67-44-63-68(52-29-5-4-27-50(52)67)54-30-8-13-35-58(54)71(63)56-33-11-6-25-48(56)49-26-7-12-34-57(49)71)66-42-20-38-61-69(66)55-31-9-14-36-59(55)72(61)60-37-15-17-41-65(60)74-64-40-16-10-28-51(64)53-32-19-39-62(72)70(53)74/h1-44H. The van der Waals surface area contributed by atoms with Gasteiger partial charge in [-0.05, 0) is 125 Å². The molecule has 74 heavy (non-hydrogen) atoms. The van der Waals surface area contributed by atoms with Gasteiger partial charge in [-0.15, -0.1) is 0 Å². The first-order valence-electron chi connectivity index (χ1n) is 25.9. The van der Waals surface area contributed by atoms with E-state index in [1.54, 1.807) is 0 Å². The second-order valence-corrected chi connectivity index (χ2v) is 20.6. The molecule has 0 N–H and O–H groups in total. The molecule has 3 aliphatic carbocycles. The second kappa shape index (κ2) is 14.6. The Kier molecular flexibility index (Phi) is 7.90. The van der Waals surface area contributed by atoms with Crippen molar-refractivity contribution in [3.63, 3.8) is 0 Å². The van der Waals surface area contributed by atoms with Crippen LogP contribution in [0.3, 0.4) is 0 Å². The number of nitrogens with zero attached hydrogens (tertiary/aromatic N) is 2. The molecule has 2 nitrogen and oxygen atoms in total. The smallest absolute Gasteiger partial charge is 0.0755 e. The van der Waals surface area contributed by atoms with Gasteiger partial charge in [0, 0.05) is 27.4 Å². The fourth-order valence-corrected chi connectivity index (χ4v) is 14.8. The molecule has 2 spiro atoms. The van der Waals surface area contributed by atoms with E-state index in [0.717, 1.165) is 17.1 Å². The van der Waals surface area contributed by atoms with Gasteiger partial charge in [-0.3, -0.25) is 0 Å². The highest BCUT2D eigenvalue weighted by Crippen LogP contribution is 2.67. The summed E-state index contributed by atoms with van der Waals surface area (Å²) in [5.41, 5.74) is 26.6. The van der Waals surface area contributed by atoms with E-state index in [2.05, 4.69) is 276 Å². The third-order valence-electron chi connectivity index (χ3n) is 17.4. The summed E-state index contributed by atoms with van der Waals surface area (Å²) in [5.74, 6) is 0. The van der Waals surface area contributed by atoms with Crippen molar-refractivity contribution >= 4 is 49.6 Å². The fraction of sp³-hybridized carbons (Fsp3) is 0.0278. The first-order chi connectivity index (χ1) is 36.8. The van der Waals surface area contributed by atoms with Crippen molar-refractivity contribution in [2.75, 3.05) is 4.90 Å². The minimum Gasteiger partial charge on any atom is -0.309 e. The van der Waals surface area contributed by atoms with Gasteiger partial charge in [0.1, 0.15) is 0 Å². The van der Waals surface area contributed by atoms with Gasteiger partial charge in [0.05, 0.1) is 38.9 Å². The van der Waals surface area contributed by atoms with Gasteiger partial charge in [-0.2, -0.15) is 0 Å². The van der Waals surface area contributed by atoms with Crippen LogP contribution in [0, 0.1) is 0 Å². The van der Waals surface area contributed by atoms with Crippen LogP contribution in [0.2, 0.25) is 0 Å². The Bertz CT molecular complexity index is 4530. The molecule has 0 saturated heterocycles. The van der Waals surface area contributed by atoms with Gasteiger partial charge in [0.15, 0.2) is 0 Å². The van der Waals surface area contributed by atoms with E-state index >= 15 is 0 Å². The van der Waals surface area contributed by atoms with Gasteiger partial charge in [0.25, 0.3) is 0 Å². The molecule has 13 aromatic rings. The van der Waals surface area contributed by atoms with E-state index in [0.29, 0.717) is 0 Å². The highest BCUT2D eigenvalue weighted by atomic mass is 15.1. The number of anilines is 3. The van der Waals surface area contributed by atoms with Crippen LogP contribution in [-0.4, -0.2) is 4.57 Å². The Labute approximate surface area is 429 Å². The van der Waals surface area contributed by atoms with Gasteiger partial charge in [0.2, 0.25) is 0 Å². The summed E-state index contributed by atoms with van der Waals surface area (Å²) in [6.07, 6.45) is 0. The van der Waals surface area contributed by atoms with Crippen LogP contribution in [0.1, 0.15) is 44.5 Å². The van der Waals surface area contributed by atoms with Crippen LogP contribution >= 0.6 is 0 Å². The third kappa shape index (κ3) is 4.82. The maximum atomic E-state index is 2.62. The van der Waals surface area contributed by atoms with Gasteiger partial charge in [-0.1, -0.05) is 231 Å². The molecule has 17 rings (SSSR count). The van der Waals surface area contributed by atoms with E-state index < -0.39 is 10.8 Å². The number of fused-ring (bicyclic) bond motifs is 24. The molecule has 0 bridgehead atoms. The molecule has 1 aliphatic heterocycles. The van der Waals surface area contributed by atoms with Crippen LogP contribution in [0.15, 0.2) is 267 Å². The Morgan fingerprint density at radius 1 is 0.284 bits per heavy atom. The minimum atomic E-state index is -0.608. The molecule has 1 aromatic heterocycles. The van der Waals surface area contributed by atoms with Crippen molar-refractivity contribution in [1.29, 1.82) is 0 Å². The van der Waals surface area contributed by atoms with Crippen LogP contribution in [0.5, 0.6) is 0 Å². The summed E-state index contributed by atoms with van der Waals surface area (Å²) in [7, 11) is 0. The molecule has 1 unspecified atom stereocenters. The highest BCUT2D eigenvalue weighted by molar-refractivity contribution is 6.15. The minimum absolute atomic E-state index is 0.534. The molecule has 1 atom stereocenters. The highest BCUT2D eigenvalue weighted by Gasteiger charge is 2.54. The predicted octanol–water partition coefficient (Wildman–Crippen LogP) is 18.1. The largest absolute Gasteiger partial charge is 0.309 e. The van der Waals surface area contributed by atoms with Crippen molar-refractivity contribution in [3.8, 4) is 50.2 Å². The summed E-state index contributed by atoms with van der Waals surface area (Å²) >= 11 is 0. The van der Waals surface area contributed by atoms with Crippen molar-refractivity contribution in [3.05, 3.63) is 311 Å². The summed E-state index contributed by atoms with van der Waals surface area (Å²) in [6, 6.07) is 101. The average molecular weight is 937 g/mol. The first-order valence-corrected chi connectivity index (χ1v) is 25.9. The molecule has 4 aliphatic rings. The number of hydrogen-bond acceptors (Lipinski definition) is 1. The zero-order chi connectivity index (χ0) is 48.3. The fourth-order valence-electron chi connectivity index (χ4n) is 14.8. The number of benzene rings is 12. The van der Waals surface area contributed by atoms with Gasteiger partial charge < -0.3 is 9.47 Å². The first kappa shape index (κ1) is 40.1. The number of hydrogen-bond donors (Lipinski definition) is 0. The normalized spacial score (nSPS) is 15.5. The molecule has 0 fully saturated rings. The lowest BCUT2D eigenvalue weighted by atomic mass is 9.65. The number of para-hydroxylation sites is 3. The maximum absolute atomic E-state index is 2.62. The predicted molar refractivity (Wildman–Crippen MR) is 306 cm³/mol. The van der Waals surface area contributed by atoms with Crippen molar-refractivity contribution in [1.82, 2.24) is 4.57 Å². The molecular formula is C72H44N2. The summed E-state index contributed by atoms with van der Waals surface area (Å²) in [4.78, 5) is 2.62. The van der Waals surface area contributed by atoms with Gasteiger partial charge >= 0.3 is 0 Å².